The van der Waals surface area contributed by atoms with Gasteiger partial charge >= 0.3 is 5.97 Å². The van der Waals surface area contributed by atoms with Crippen LogP contribution < -0.4 is 9.64 Å². The smallest absolute Gasteiger partial charge is 0.336 e. The molecule has 0 atom stereocenters. The molecule has 0 N–H and O–H groups in total. The SMILES string of the molecule is O=C(/C=C/c1cccc2cccnc12)Oc1ccc(N2CCCC2=O)cc1. The monoisotopic (exact) mass is 358 g/mol. The lowest BCUT2D eigenvalue weighted by molar-refractivity contribution is -0.128. The zero-order chi connectivity index (χ0) is 18.6. The van der Waals surface area contributed by atoms with Gasteiger partial charge in [-0.2, -0.15) is 0 Å². The van der Waals surface area contributed by atoms with Crippen LogP contribution in [0.25, 0.3) is 17.0 Å². The summed E-state index contributed by atoms with van der Waals surface area (Å²) in [7, 11) is 0. The lowest BCUT2D eigenvalue weighted by Gasteiger charge is -2.15. The molecule has 3 aromatic rings. The van der Waals surface area contributed by atoms with E-state index in [0.717, 1.165) is 35.1 Å². The fourth-order valence-electron chi connectivity index (χ4n) is 3.19. The van der Waals surface area contributed by atoms with Crippen molar-refractivity contribution in [2.75, 3.05) is 11.4 Å². The summed E-state index contributed by atoms with van der Waals surface area (Å²) < 4.78 is 5.34. The highest BCUT2D eigenvalue weighted by Gasteiger charge is 2.21. The van der Waals surface area contributed by atoms with Gasteiger partial charge in [-0.25, -0.2) is 4.79 Å². The normalized spacial score (nSPS) is 14.2. The van der Waals surface area contributed by atoms with Crippen LogP contribution >= 0.6 is 0 Å². The Labute approximate surface area is 156 Å². The van der Waals surface area contributed by atoms with E-state index in [1.807, 2.05) is 30.3 Å². The highest BCUT2D eigenvalue weighted by molar-refractivity contribution is 5.96. The Bertz CT molecular complexity index is 1020. The molecule has 1 aliphatic rings. The van der Waals surface area contributed by atoms with E-state index in [1.54, 1.807) is 41.4 Å². The number of nitrogens with zero attached hydrogens (tertiary/aromatic N) is 2. The summed E-state index contributed by atoms with van der Waals surface area (Å²) in [5.74, 6) is 0.107. The van der Waals surface area contributed by atoms with E-state index in [9.17, 15) is 9.59 Å². The number of fused-ring (bicyclic) bond motifs is 1. The first-order valence-corrected chi connectivity index (χ1v) is 8.85. The molecule has 0 saturated carbocycles. The number of aromatic nitrogens is 1. The third kappa shape index (κ3) is 3.72. The molecule has 1 fully saturated rings. The quantitative estimate of drug-likeness (QED) is 0.402. The molecule has 2 aromatic carbocycles. The van der Waals surface area contributed by atoms with Gasteiger partial charge in [0.2, 0.25) is 5.91 Å². The van der Waals surface area contributed by atoms with Crippen LogP contribution in [0, 0.1) is 0 Å². The number of rotatable bonds is 4. The molecule has 1 aromatic heterocycles. The minimum atomic E-state index is -0.465. The second-order valence-corrected chi connectivity index (χ2v) is 6.32. The maximum Gasteiger partial charge on any atom is 0.336 e. The van der Waals surface area contributed by atoms with Crippen LogP contribution in [0.15, 0.2) is 66.9 Å². The highest BCUT2D eigenvalue weighted by atomic mass is 16.5. The maximum absolute atomic E-state index is 12.1. The molecule has 4 rings (SSSR count). The number of anilines is 1. The first kappa shape index (κ1) is 17.0. The van der Waals surface area contributed by atoms with Crippen molar-refractivity contribution in [2.24, 2.45) is 0 Å². The van der Waals surface area contributed by atoms with Gasteiger partial charge in [-0.15, -0.1) is 0 Å². The van der Waals surface area contributed by atoms with Gasteiger partial charge < -0.3 is 9.64 Å². The van der Waals surface area contributed by atoms with Gasteiger partial charge in [-0.1, -0.05) is 24.3 Å². The van der Waals surface area contributed by atoms with Gasteiger partial charge in [0.15, 0.2) is 0 Å². The fraction of sp³-hybridized carbons (Fsp3) is 0.136. The van der Waals surface area contributed by atoms with E-state index < -0.39 is 5.97 Å². The number of hydrogen-bond donors (Lipinski definition) is 0. The molecular weight excluding hydrogens is 340 g/mol. The zero-order valence-electron chi connectivity index (χ0n) is 14.7. The Kier molecular flexibility index (Phi) is 4.66. The molecule has 0 bridgehead atoms. The lowest BCUT2D eigenvalue weighted by Crippen LogP contribution is -2.23. The molecule has 27 heavy (non-hydrogen) atoms. The van der Waals surface area contributed by atoms with Crippen LogP contribution in [0.1, 0.15) is 18.4 Å². The Hall–Kier alpha value is -3.47. The number of carbonyl (C=O) groups is 2. The molecule has 1 saturated heterocycles. The summed E-state index contributed by atoms with van der Waals surface area (Å²) in [6.45, 7) is 0.736. The molecule has 2 heterocycles. The van der Waals surface area contributed by atoms with Gasteiger partial charge in [0.1, 0.15) is 5.75 Å². The third-order valence-electron chi connectivity index (χ3n) is 4.50. The van der Waals surface area contributed by atoms with Crippen molar-refractivity contribution in [1.29, 1.82) is 0 Å². The van der Waals surface area contributed by atoms with Crippen LogP contribution in [-0.4, -0.2) is 23.4 Å². The van der Waals surface area contributed by atoms with E-state index in [4.69, 9.17) is 4.74 Å². The summed E-state index contributed by atoms with van der Waals surface area (Å²) in [5.41, 5.74) is 2.52. The largest absolute Gasteiger partial charge is 0.423 e. The Morgan fingerprint density at radius 1 is 1.07 bits per heavy atom. The predicted octanol–water partition coefficient (Wildman–Crippen LogP) is 3.98. The number of para-hydroxylation sites is 1. The number of pyridine rings is 1. The fourth-order valence-corrected chi connectivity index (χ4v) is 3.19. The van der Waals surface area contributed by atoms with Crippen LogP contribution in [-0.2, 0) is 9.59 Å². The van der Waals surface area contributed by atoms with Crippen molar-refractivity contribution < 1.29 is 14.3 Å². The van der Waals surface area contributed by atoms with Gasteiger partial charge in [-0.3, -0.25) is 9.78 Å². The Morgan fingerprint density at radius 3 is 2.67 bits per heavy atom. The number of benzene rings is 2. The van der Waals surface area contributed by atoms with Crippen molar-refractivity contribution in [3.05, 3.63) is 72.4 Å². The van der Waals surface area contributed by atoms with Crippen LogP contribution in [0.2, 0.25) is 0 Å². The Balaban J connectivity index is 1.44. The van der Waals surface area contributed by atoms with Gasteiger partial charge in [0.05, 0.1) is 5.52 Å². The minimum absolute atomic E-state index is 0.131. The highest BCUT2D eigenvalue weighted by Crippen LogP contribution is 2.24. The second-order valence-electron chi connectivity index (χ2n) is 6.32. The molecule has 0 aliphatic carbocycles. The van der Waals surface area contributed by atoms with E-state index >= 15 is 0 Å². The van der Waals surface area contributed by atoms with E-state index in [2.05, 4.69) is 4.98 Å². The summed E-state index contributed by atoms with van der Waals surface area (Å²) in [5, 5.41) is 1.01. The third-order valence-corrected chi connectivity index (χ3v) is 4.50. The van der Waals surface area contributed by atoms with E-state index in [-0.39, 0.29) is 5.91 Å². The molecule has 134 valence electrons. The van der Waals surface area contributed by atoms with Crippen LogP contribution in [0.5, 0.6) is 5.75 Å². The van der Waals surface area contributed by atoms with Gasteiger partial charge in [-0.05, 0) is 42.8 Å². The lowest BCUT2D eigenvalue weighted by atomic mass is 10.1. The molecule has 0 unspecified atom stereocenters. The molecule has 5 nitrogen and oxygen atoms in total. The van der Waals surface area contributed by atoms with E-state index in [1.165, 1.54) is 6.08 Å². The number of ether oxygens (including phenoxy) is 1. The van der Waals surface area contributed by atoms with Crippen LogP contribution in [0.4, 0.5) is 5.69 Å². The molecule has 5 heteroatoms. The van der Waals surface area contributed by atoms with Gasteiger partial charge in [0.25, 0.3) is 0 Å². The number of hydrogen-bond acceptors (Lipinski definition) is 4. The van der Waals surface area contributed by atoms with Crippen molar-refractivity contribution in [3.8, 4) is 5.75 Å². The summed E-state index contributed by atoms with van der Waals surface area (Å²) in [4.78, 5) is 30.0. The standard InChI is InChI=1S/C22H18N2O3/c25-20-7-3-15-24(20)18-9-11-19(12-10-18)27-21(26)13-8-17-5-1-4-16-6-2-14-23-22(16)17/h1-2,4-6,8-14H,3,7,15H2/b13-8+. The first-order valence-electron chi connectivity index (χ1n) is 8.85. The summed E-state index contributed by atoms with van der Waals surface area (Å²) in [6.07, 6.45) is 6.29. The van der Waals surface area contributed by atoms with E-state index in [0.29, 0.717) is 12.2 Å². The molecule has 0 radical (unpaired) electrons. The van der Waals surface area contributed by atoms with Crippen molar-refractivity contribution in [2.45, 2.75) is 12.8 Å². The molecule has 1 amide bonds. The second kappa shape index (κ2) is 7.41. The van der Waals surface area contributed by atoms with Gasteiger partial charge in [0, 0.05) is 41.9 Å². The maximum atomic E-state index is 12.1. The average molecular weight is 358 g/mol. The molecule has 0 spiro atoms. The number of carbonyl (C=O) groups excluding carboxylic acids is 2. The number of amides is 1. The van der Waals surface area contributed by atoms with Crippen molar-refractivity contribution in [1.82, 2.24) is 4.98 Å². The topological polar surface area (TPSA) is 59.5 Å². The Morgan fingerprint density at radius 2 is 1.89 bits per heavy atom. The summed E-state index contributed by atoms with van der Waals surface area (Å²) >= 11 is 0. The van der Waals surface area contributed by atoms with Crippen molar-refractivity contribution >= 4 is 34.5 Å². The predicted molar refractivity (Wildman–Crippen MR) is 104 cm³/mol. The van der Waals surface area contributed by atoms with Crippen LogP contribution in [0.3, 0.4) is 0 Å². The molecular formula is C22H18N2O3. The molecule has 1 aliphatic heterocycles. The first-order chi connectivity index (χ1) is 13.2. The average Bonchev–Trinajstić information content (AvgIpc) is 3.13. The minimum Gasteiger partial charge on any atom is -0.423 e. The number of esters is 1. The van der Waals surface area contributed by atoms with Crippen molar-refractivity contribution in [3.63, 3.8) is 0 Å². The summed E-state index contributed by atoms with van der Waals surface area (Å²) in [6, 6.07) is 16.7. The zero-order valence-corrected chi connectivity index (χ0v) is 14.7.